The number of fused-ring (bicyclic) bond motifs is 1. The lowest BCUT2D eigenvalue weighted by molar-refractivity contribution is -0.143. The SMILES string of the molecule is CCOC(=O)CCc1ccc(COc2ccccc2)cc1C(=O)N[C@H](C)c1cccc2ccccc12. The summed E-state index contributed by atoms with van der Waals surface area (Å²) in [6.07, 6.45) is 0.636. The van der Waals surface area contributed by atoms with Crippen molar-refractivity contribution in [2.75, 3.05) is 6.61 Å². The second-order valence-electron chi connectivity index (χ2n) is 8.66. The van der Waals surface area contributed by atoms with E-state index < -0.39 is 0 Å². The first-order chi connectivity index (χ1) is 17.5. The quantitative estimate of drug-likeness (QED) is 0.266. The minimum Gasteiger partial charge on any atom is -0.489 e. The number of hydrogen-bond acceptors (Lipinski definition) is 4. The monoisotopic (exact) mass is 481 g/mol. The Balaban J connectivity index is 1.56. The number of hydrogen-bond donors (Lipinski definition) is 1. The van der Waals surface area contributed by atoms with Crippen LogP contribution < -0.4 is 10.1 Å². The molecule has 0 aliphatic carbocycles. The molecule has 1 N–H and O–H groups in total. The minimum atomic E-state index is -0.274. The molecule has 0 fully saturated rings. The van der Waals surface area contributed by atoms with Crippen molar-refractivity contribution in [3.05, 3.63) is 113 Å². The number of ether oxygens (including phenoxy) is 2. The van der Waals surface area contributed by atoms with Crippen molar-refractivity contribution < 1.29 is 19.1 Å². The third kappa shape index (κ3) is 6.30. The van der Waals surface area contributed by atoms with Crippen molar-refractivity contribution in [2.45, 2.75) is 39.3 Å². The summed E-state index contributed by atoms with van der Waals surface area (Å²) in [4.78, 5) is 25.5. The molecule has 4 aromatic rings. The van der Waals surface area contributed by atoms with Gasteiger partial charge in [0, 0.05) is 12.0 Å². The number of rotatable bonds is 10. The molecule has 5 nitrogen and oxygen atoms in total. The van der Waals surface area contributed by atoms with Gasteiger partial charge in [-0.25, -0.2) is 0 Å². The molecule has 0 spiro atoms. The summed E-state index contributed by atoms with van der Waals surface area (Å²) >= 11 is 0. The van der Waals surface area contributed by atoms with Gasteiger partial charge in [0.15, 0.2) is 0 Å². The summed E-state index contributed by atoms with van der Waals surface area (Å²) in [7, 11) is 0. The molecular weight excluding hydrogens is 450 g/mol. The van der Waals surface area contributed by atoms with Gasteiger partial charge in [0.2, 0.25) is 0 Å². The number of carbonyl (C=O) groups is 2. The van der Waals surface area contributed by atoms with Crippen molar-refractivity contribution in [3.63, 3.8) is 0 Å². The Hall–Kier alpha value is -4.12. The predicted molar refractivity (Wildman–Crippen MR) is 142 cm³/mol. The van der Waals surface area contributed by atoms with Crippen LogP contribution in [0.1, 0.15) is 53.4 Å². The molecule has 0 aliphatic heterocycles. The van der Waals surface area contributed by atoms with Crippen molar-refractivity contribution in [1.29, 1.82) is 0 Å². The second kappa shape index (κ2) is 12.0. The molecular formula is C31H31NO4. The van der Waals surface area contributed by atoms with E-state index in [4.69, 9.17) is 9.47 Å². The first-order valence-electron chi connectivity index (χ1n) is 12.3. The standard InChI is InChI=1S/C31H31NO4/c1-3-35-30(33)19-18-25-17-16-23(21-36-26-12-5-4-6-13-26)20-29(25)31(34)32-22(2)27-15-9-11-24-10-7-8-14-28(24)27/h4-17,20,22H,3,18-19,21H2,1-2H3,(H,32,34)/t22-/m1/s1. The van der Waals surface area contributed by atoms with Crippen LogP contribution in [0.3, 0.4) is 0 Å². The highest BCUT2D eigenvalue weighted by Gasteiger charge is 2.18. The zero-order valence-electron chi connectivity index (χ0n) is 20.7. The molecule has 4 rings (SSSR count). The van der Waals surface area contributed by atoms with Crippen molar-refractivity contribution in [2.24, 2.45) is 0 Å². The highest BCUT2D eigenvalue weighted by atomic mass is 16.5. The zero-order valence-corrected chi connectivity index (χ0v) is 20.7. The normalized spacial score (nSPS) is 11.6. The van der Waals surface area contributed by atoms with E-state index in [9.17, 15) is 9.59 Å². The van der Waals surface area contributed by atoms with Gasteiger partial charge in [-0.1, -0.05) is 72.8 Å². The van der Waals surface area contributed by atoms with Gasteiger partial charge >= 0.3 is 5.97 Å². The van der Waals surface area contributed by atoms with Gasteiger partial charge in [0.25, 0.3) is 5.91 Å². The van der Waals surface area contributed by atoms with Crippen LogP contribution >= 0.6 is 0 Å². The van der Waals surface area contributed by atoms with Gasteiger partial charge in [0.05, 0.1) is 12.6 Å². The minimum absolute atomic E-state index is 0.184. The maximum Gasteiger partial charge on any atom is 0.306 e. The zero-order chi connectivity index (χ0) is 25.3. The Morgan fingerprint density at radius 3 is 2.44 bits per heavy atom. The van der Waals surface area contributed by atoms with E-state index >= 15 is 0 Å². The summed E-state index contributed by atoms with van der Waals surface area (Å²) in [6, 6.07) is 29.3. The van der Waals surface area contributed by atoms with Crippen LogP contribution in [-0.2, 0) is 22.6 Å². The maximum absolute atomic E-state index is 13.5. The number of aryl methyl sites for hydroxylation is 1. The first-order valence-corrected chi connectivity index (χ1v) is 12.3. The summed E-state index contributed by atoms with van der Waals surface area (Å²) in [5, 5.41) is 5.41. The molecule has 0 radical (unpaired) electrons. The summed E-state index contributed by atoms with van der Waals surface area (Å²) in [5.41, 5.74) is 3.27. The largest absolute Gasteiger partial charge is 0.489 e. The van der Waals surface area contributed by atoms with E-state index in [2.05, 4.69) is 23.5 Å². The number of amides is 1. The lowest BCUT2D eigenvalue weighted by Gasteiger charge is -2.19. The van der Waals surface area contributed by atoms with E-state index in [-0.39, 0.29) is 24.3 Å². The molecule has 0 aromatic heterocycles. The summed E-state index contributed by atoms with van der Waals surface area (Å²) in [6.45, 7) is 4.44. The third-order valence-electron chi connectivity index (χ3n) is 6.11. The van der Waals surface area contributed by atoms with E-state index in [0.29, 0.717) is 25.2 Å². The van der Waals surface area contributed by atoms with E-state index in [1.54, 1.807) is 6.92 Å². The Labute approximate surface area is 212 Å². The second-order valence-corrected chi connectivity index (χ2v) is 8.66. The van der Waals surface area contributed by atoms with Gasteiger partial charge < -0.3 is 14.8 Å². The van der Waals surface area contributed by atoms with Crippen molar-refractivity contribution in [1.82, 2.24) is 5.32 Å². The van der Waals surface area contributed by atoms with Crippen LogP contribution in [0.5, 0.6) is 5.75 Å². The third-order valence-corrected chi connectivity index (χ3v) is 6.11. The number of nitrogens with one attached hydrogen (secondary N) is 1. The van der Waals surface area contributed by atoms with Gasteiger partial charge in [-0.15, -0.1) is 0 Å². The Morgan fingerprint density at radius 1 is 0.889 bits per heavy atom. The fourth-order valence-electron chi connectivity index (χ4n) is 4.28. The van der Waals surface area contributed by atoms with Gasteiger partial charge in [-0.3, -0.25) is 9.59 Å². The van der Waals surface area contributed by atoms with Crippen LogP contribution in [0, 0.1) is 0 Å². The lowest BCUT2D eigenvalue weighted by atomic mass is 9.97. The highest BCUT2D eigenvalue weighted by Crippen LogP contribution is 2.25. The average molecular weight is 482 g/mol. The lowest BCUT2D eigenvalue weighted by Crippen LogP contribution is -2.28. The first kappa shape index (κ1) is 25.0. The van der Waals surface area contributed by atoms with Gasteiger partial charge in [-0.2, -0.15) is 0 Å². The number of carbonyl (C=O) groups excluding carboxylic acids is 2. The fourth-order valence-corrected chi connectivity index (χ4v) is 4.28. The van der Waals surface area contributed by atoms with Crippen LogP contribution in [0.25, 0.3) is 10.8 Å². The fraction of sp³-hybridized carbons (Fsp3) is 0.226. The Kier molecular flexibility index (Phi) is 8.35. The Morgan fingerprint density at radius 2 is 1.64 bits per heavy atom. The van der Waals surface area contributed by atoms with Crippen LogP contribution in [0.15, 0.2) is 91.0 Å². The molecule has 4 aromatic carbocycles. The molecule has 184 valence electrons. The average Bonchev–Trinajstić information content (AvgIpc) is 2.91. The molecule has 1 atom stereocenters. The predicted octanol–water partition coefficient (Wildman–Crippen LogP) is 6.41. The molecule has 0 saturated carbocycles. The molecule has 0 bridgehead atoms. The van der Waals surface area contributed by atoms with Crippen LogP contribution in [0.2, 0.25) is 0 Å². The molecule has 1 amide bonds. The van der Waals surface area contributed by atoms with E-state index in [1.807, 2.05) is 79.7 Å². The molecule has 0 heterocycles. The van der Waals surface area contributed by atoms with E-state index in [0.717, 1.165) is 33.2 Å². The van der Waals surface area contributed by atoms with E-state index in [1.165, 1.54) is 0 Å². The maximum atomic E-state index is 13.5. The van der Waals surface area contributed by atoms with Gasteiger partial charge in [0.1, 0.15) is 12.4 Å². The highest BCUT2D eigenvalue weighted by molar-refractivity contribution is 5.97. The van der Waals surface area contributed by atoms with Crippen LogP contribution in [-0.4, -0.2) is 18.5 Å². The molecule has 5 heteroatoms. The van der Waals surface area contributed by atoms with Crippen LogP contribution in [0.4, 0.5) is 0 Å². The van der Waals surface area contributed by atoms with Crippen molar-refractivity contribution in [3.8, 4) is 5.75 Å². The number of esters is 1. The summed E-state index contributed by atoms with van der Waals surface area (Å²) in [5.74, 6) is 0.305. The molecule has 0 aliphatic rings. The Bertz CT molecular complexity index is 1330. The summed E-state index contributed by atoms with van der Waals surface area (Å²) < 4.78 is 11.0. The molecule has 0 unspecified atom stereocenters. The smallest absolute Gasteiger partial charge is 0.306 e. The molecule has 0 saturated heterocycles. The molecule has 36 heavy (non-hydrogen) atoms. The topological polar surface area (TPSA) is 64.6 Å². The number of benzene rings is 4. The van der Waals surface area contributed by atoms with Gasteiger partial charge in [-0.05, 0) is 65.9 Å². The van der Waals surface area contributed by atoms with Crippen molar-refractivity contribution >= 4 is 22.6 Å². The number of para-hydroxylation sites is 1.